The lowest BCUT2D eigenvalue weighted by molar-refractivity contribution is -0.137. The van der Waals surface area contributed by atoms with Gasteiger partial charge in [0.2, 0.25) is 0 Å². The summed E-state index contributed by atoms with van der Waals surface area (Å²) in [5.41, 5.74) is -0.439. The zero-order valence-corrected chi connectivity index (χ0v) is 14.8. The van der Waals surface area contributed by atoms with Gasteiger partial charge >= 0.3 is 6.18 Å². The maximum atomic E-state index is 12.9. The van der Waals surface area contributed by atoms with E-state index in [4.69, 9.17) is 0 Å². The molecule has 0 bridgehead atoms. The smallest absolute Gasteiger partial charge is 0.338 e. The Morgan fingerprint density at radius 3 is 2.54 bits per heavy atom. The molecule has 1 heterocycles. The van der Waals surface area contributed by atoms with Crippen LogP contribution in [0.25, 0.3) is 0 Å². The van der Waals surface area contributed by atoms with E-state index in [1.165, 1.54) is 36.6 Å². The molecule has 0 saturated carbocycles. The Balaban J connectivity index is 2.04. The van der Waals surface area contributed by atoms with Crippen LogP contribution in [0.15, 0.2) is 51.8 Å². The van der Waals surface area contributed by atoms with Crippen LogP contribution in [-0.2, 0) is 27.2 Å². The molecule has 0 fully saturated rings. The highest BCUT2D eigenvalue weighted by Crippen LogP contribution is 2.33. The number of fused-ring (bicyclic) bond motifs is 1. The number of anilines is 2. The quantitative estimate of drug-likeness (QED) is 0.825. The maximum Gasteiger partial charge on any atom is 0.416 e. The van der Waals surface area contributed by atoms with Gasteiger partial charge in [0.05, 0.1) is 11.3 Å². The van der Waals surface area contributed by atoms with Crippen LogP contribution < -0.4 is 10.0 Å². The number of sulfonamides is 1. The second-order valence-corrected chi connectivity index (χ2v) is 8.07. The predicted molar refractivity (Wildman–Crippen MR) is 92.9 cm³/mol. The number of amidine groups is 1. The Hall–Kier alpha value is -2.40. The van der Waals surface area contributed by atoms with Gasteiger partial charge in [0.25, 0.3) is 10.0 Å². The van der Waals surface area contributed by atoms with E-state index in [2.05, 4.69) is 14.4 Å². The number of hydrogen-bond donors (Lipinski definition) is 2. The topological polar surface area (TPSA) is 87.6 Å². The second-order valence-electron chi connectivity index (χ2n) is 5.39. The largest absolute Gasteiger partial charge is 0.416 e. The van der Waals surface area contributed by atoms with E-state index in [-0.39, 0.29) is 22.0 Å². The Morgan fingerprint density at radius 2 is 1.88 bits per heavy atom. The molecule has 2 N–H and O–H groups in total. The molecular weight excluding hydrogens is 391 g/mol. The van der Waals surface area contributed by atoms with E-state index in [1.54, 1.807) is 0 Å². The Kier molecular flexibility index (Phi) is 4.53. The van der Waals surface area contributed by atoms with Crippen molar-refractivity contribution in [1.82, 2.24) is 0 Å². The number of nitrogens with zero attached hydrogens (tertiary/aromatic N) is 1. The number of halogens is 3. The van der Waals surface area contributed by atoms with Crippen molar-refractivity contribution in [3.05, 3.63) is 53.6 Å². The normalized spacial score (nSPS) is 16.8. The van der Waals surface area contributed by atoms with Gasteiger partial charge in [-0.2, -0.15) is 21.6 Å². The molecule has 2 aromatic rings. The molecule has 138 valence electrons. The molecule has 0 spiro atoms. The summed E-state index contributed by atoms with van der Waals surface area (Å²) in [5, 5.41) is 2.73. The van der Waals surface area contributed by atoms with Crippen LogP contribution in [0.1, 0.15) is 11.1 Å². The Labute approximate surface area is 149 Å². The molecule has 1 unspecified atom stereocenters. The van der Waals surface area contributed by atoms with Gasteiger partial charge in [-0.3, -0.25) is 0 Å². The van der Waals surface area contributed by atoms with Gasteiger partial charge in [-0.1, -0.05) is 12.1 Å². The molecule has 1 aliphatic heterocycles. The summed E-state index contributed by atoms with van der Waals surface area (Å²) in [6.45, 7) is 0. The first kappa shape index (κ1) is 18.4. The standard InChI is InChI=1S/C15H12F3N3O3S2/c1-25(22)20-11-5-6-12-13(8-11)26(23,24)21-14(19-12)9-3-2-4-10(7-9)15(16,17)18/h2-8,20H,1H3,(H,19,21). The maximum absolute atomic E-state index is 12.9. The fourth-order valence-corrected chi connectivity index (χ4v) is 3.98. The summed E-state index contributed by atoms with van der Waals surface area (Å²) >= 11 is 0. The molecule has 0 amide bonds. The van der Waals surface area contributed by atoms with Crippen LogP contribution in [0.3, 0.4) is 0 Å². The molecule has 0 aliphatic carbocycles. The first-order valence-electron chi connectivity index (χ1n) is 7.10. The summed E-state index contributed by atoms with van der Waals surface area (Å²) in [5.74, 6) is -0.205. The average molecular weight is 403 g/mol. The van der Waals surface area contributed by atoms with Gasteiger partial charge in [0.1, 0.15) is 15.9 Å². The minimum absolute atomic E-state index is 0.00841. The first-order valence-corrected chi connectivity index (χ1v) is 10.1. The van der Waals surface area contributed by atoms with Crippen LogP contribution in [0.5, 0.6) is 0 Å². The van der Waals surface area contributed by atoms with Crippen LogP contribution in [0, 0.1) is 0 Å². The fourth-order valence-electron chi connectivity index (χ4n) is 2.36. The zero-order chi connectivity index (χ0) is 19.1. The van der Waals surface area contributed by atoms with Crippen molar-refractivity contribution in [2.45, 2.75) is 11.1 Å². The third kappa shape index (κ3) is 3.73. The molecule has 26 heavy (non-hydrogen) atoms. The van der Waals surface area contributed by atoms with E-state index in [9.17, 15) is 25.8 Å². The Bertz CT molecular complexity index is 1030. The fraction of sp³-hybridized carbons (Fsp3) is 0.133. The molecule has 1 aliphatic rings. The summed E-state index contributed by atoms with van der Waals surface area (Å²) in [4.78, 5) is -0.163. The highest BCUT2D eigenvalue weighted by molar-refractivity contribution is 7.90. The zero-order valence-electron chi connectivity index (χ0n) is 13.2. The average Bonchev–Trinajstić information content (AvgIpc) is 2.53. The lowest BCUT2D eigenvalue weighted by Crippen LogP contribution is -2.23. The molecule has 2 aromatic carbocycles. The molecule has 6 nitrogen and oxygen atoms in total. The first-order chi connectivity index (χ1) is 12.1. The van der Waals surface area contributed by atoms with Crippen LogP contribution in [0.4, 0.5) is 24.5 Å². The summed E-state index contributed by atoms with van der Waals surface area (Å²) in [6, 6.07) is 8.39. The molecule has 3 rings (SSSR count). The van der Waals surface area contributed by atoms with Crippen molar-refractivity contribution < 1.29 is 25.8 Å². The minimum Gasteiger partial charge on any atom is -0.338 e. The third-order valence-electron chi connectivity index (χ3n) is 3.45. The second kappa shape index (κ2) is 6.40. The van der Waals surface area contributed by atoms with Crippen molar-refractivity contribution in [3.63, 3.8) is 0 Å². The van der Waals surface area contributed by atoms with Crippen molar-refractivity contribution in [3.8, 4) is 0 Å². The number of benzene rings is 2. The molecule has 0 radical (unpaired) electrons. The molecular formula is C15H12F3N3O3S2. The van der Waals surface area contributed by atoms with Gasteiger partial charge in [-0.25, -0.2) is 4.21 Å². The summed E-state index contributed by atoms with van der Waals surface area (Å²) in [7, 11) is -5.54. The summed E-state index contributed by atoms with van der Waals surface area (Å²) < 4.78 is 80.8. The summed E-state index contributed by atoms with van der Waals surface area (Å²) in [6.07, 6.45) is -3.17. The van der Waals surface area contributed by atoms with E-state index >= 15 is 0 Å². The lowest BCUT2D eigenvalue weighted by atomic mass is 10.1. The van der Waals surface area contributed by atoms with Gasteiger partial charge in [0.15, 0.2) is 5.84 Å². The highest BCUT2D eigenvalue weighted by Gasteiger charge is 2.32. The van der Waals surface area contributed by atoms with Gasteiger partial charge in [-0.05, 0) is 30.3 Å². The van der Waals surface area contributed by atoms with Gasteiger partial charge in [0, 0.05) is 17.5 Å². The molecule has 0 aromatic heterocycles. The SMILES string of the molecule is CS(=O)Nc1ccc2c(c1)S(=O)(=O)N=C(c1cccc(C(F)(F)F)c1)N2. The van der Waals surface area contributed by atoms with Crippen LogP contribution in [0.2, 0.25) is 0 Å². The molecule has 0 saturated heterocycles. The van der Waals surface area contributed by atoms with Crippen molar-refractivity contribution in [1.29, 1.82) is 0 Å². The van der Waals surface area contributed by atoms with E-state index in [0.717, 1.165) is 12.1 Å². The minimum atomic E-state index is -4.56. The van der Waals surface area contributed by atoms with E-state index in [1.807, 2.05) is 0 Å². The molecule has 11 heteroatoms. The number of nitrogens with one attached hydrogen (secondary N) is 2. The number of rotatable bonds is 3. The lowest BCUT2D eigenvalue weighted by Gasteiger charge is -2.19. The van der Waals surface area contributed by atoms with Gasteiger partial charge < -0.3 is 10.0 Å². The van der Waals surface area contributed by atoms with Crippen LogP contribution >= 0.6 is 0 Å². The molecule has 1 atom stereocenters. The van der Waals surface area contributed by atoms with Gasteiger partial charge in [-0.15, -0.1) is 4.40 Å². The van der Waals surface area contributed by atoms with Crippen molar-refractivity contribution in [2.24, 2.45) is 4.40 Å². The number of alkyl halides is 3. The monoisotopic (exact) mass is 403 g/mol. The van der Waals surface area contributed by atoms with E-state index < -0.39 is 32.7 Å². The third-order valence-corrected chi connectivity index (χ3v) is 5.29. The number of hydrogen-bond acceptors (Lipinski definition) is 4. The van der Waals surface area contributed by atoms with E-state index in [0.29, 0.717) is 5.69 Å². The Morgan fingerprint density at radius 1 is 1.15 bits per heavy atom. The highest BCUT2D eigenvalue weighted by atomic mass is 32.2. The predicted octanol–water partition coefficient (Wildman–Crippen LogP) is 2.97. The van der Waals surface area contributed by atoms with Crippen molar-refractivity contribution >= 4 is 38.2 Å². The van der Waals surface area contributed by atoms with Crippen molar-refractivity contribution in [2.75, 3.05) is 16.3 Å². The van der Waals surface area contributed by atoms with Crippen LogP contribution in [-0.4, -0.2) is 24.7 Å².